The lowest BCUT2D eigenvalue weighted by atomic mass is 10.0. The van der Waals surface area contributed by atoms with Crippen LogP contribution in [0.2, 0.25) is 0 Å². The molecule has 0 saturated carbocycles. The molecule has 0 aromatic heterocycles. The fourth-order valence-corrected chi connectivity index (χ4v) is 2.72. The number of unbranched alkanes of at least 4 members (excludes halogenated alkanes) is 8. The van der Waals surface area contributed by atoms with Crippen LogP contribution in [0.1, 0.15) is 97.8 Å². The molecular weight excluding hydrogens is 316 g/mol. The van der Waals surface area contributed by atoms with Crippen molar-refractivity contribution in [3.63, 3.8) is 0 Å². The lowest BCUT2D eigenvalue weighted by Gasteiger charge is -2.08. The quantitative estimate of drug-likeness (QED) is 0.213. The molecule has 4 heteroatoms. The Morgan fingerprint density at radius 3 is 2.00 bits per heavy atom. The molecule has 25 heavy (non-hydrogen) atoms. The van der Waals surface area contributed by atoms with Gasteiger partial charge in [0.2, 0.25) is 0 Å². The third-order valence-corrected chi connectivity index (χ3v) is 4.27. The van der Waals surface area contributed by atoms with Crippen LogP contribution in [0, 0.1) is 5.92 Å². The van der Waals surface area contributed by atoms with Crippen molar-refractivity contribution in [2.75, 3.05) is 6.61 Å². The second-order valence-electron chi connectivity index (χ2n) is 7.26. The van der Waals surface area contributed by atoms with Gasteiger partial charge in [-0.2, -0.15) is 0 Å². The first kappa shape index (κ1) is 23.7. The van der Waals surface area contributed by atoms with Gasteiger partial charge in [0, 0.05) is 11.6 Å². The predicted octanol–water partition coefficient (Wildman–Crippen LogP) is 5.90. The minimum absolute atomic E-state index is 0.274. The van der Waals surface area contributed by atoms with Gasteiger partial charge in [-0.3, -0.25) is 0 Å². The molecule has 0 fully saturated rings. The summed E-state index contributed by atoms with van der Waals surface area (Å²) in [4.78, 5) is 22.7. The zero-order chi connectivity index (χ0) is 18.9. The second kappa shape index (κ2) is 16.2. The van der Waals surface area contributed by atoms with Crippen LogP contribution in [0.5, 0.6) is 0 Å². The Bertz CT molecular complexity index is 385. The third kappa shape index (κ3) is 15.9. The van der Waals surface area contributed by atoms with Crippen molar-refractivity contribution in [1.82, 2.24) is 0 Å². The number of hydrogen-bond acceptors (Lipinski definition) is 3. The molecule has 0 amide bonds. The molecule has 0 saturated heterocycles. The molecule has 0 aliphatic heterocycles. The number of hydrogen-bond donors (Lipinski definition) is 1. The van der Waals surface area contributed by atoms with Crippen molar-refractivity contribution in [1.29, 1.82) is 0 Å². The maximum Gasteiger partial charge on any atom is 0.334 e. The molecular formula is C21H38O4. The molecule has 0 aromatic rings. The number of esters is 1. The van der Waals surface area contributed by atoms with E-state index in [1.807, 2.05) is 6.92 Å². The third-order valence-electron chi connectivity index (χ3n) is 4.27. The van der Waals surface area contributed by atoms with Crippen molar-refractivity contribution < 1.29 is 19.4 Å². The summed E-state index contributed by atoms with van der Waals surface area (Å²) in [5.41, 5.74) is 0.274. The molecule has 0 spiro atoms. The first-order valence-electron chi connectivity index (χ1n) is 10.1. The Hall–Kier alpha value is -1.32. The number of rotatable bonds is 16. The van der Waals surface area contributed by atoms with Crippen LogP contribution in [-0.2, 0) is 14.3 Å². The van der Waals surface area contributed by atoms with E-state index >= 15 is 0 Å². The summed E-state index contributed by atoms with van der Waals surface area (Å²) in [5.74, 6) is -0.743. The van der Waals surface area contributed by atoms with Gasteiger partial charge in [0.1, 0.15) is 0 Å². The Balaban J connectivity index is 3.65. The van der Waals surface area contributed by atoms with Gasteiger partial charge >= 0.3 is 11.9 Å². The zero-order valence-corrected chi connectivity index (χ0v) is 16.5. The molecule has 1 N–H and O–H groups in total. The first-order chi connectivity index (χ1) is 12.0. The van der Waals surface area contributed by atoms with E-state index in [0.717, 1.165) is 37.7 Å². The lowest BCUT2D eigenvalue weighted by molar-refractivity contribution is -0.140. The van der Waals surface area contributed by atoms with E-state index in [1.165, 1.54) is 44.9 Å². The van der Waals surface area contributed by atoms with E-state index < -0.39 is 11.9 Å². The van der Waals surface area contributed by atoms with Crippen LogP contribution in [0.15, 0.2) is 11.6 Å². The van der Waals surface area contributed by atoms with E-state index in [0.29, 0.717) is 13.0 Å². The summed E-state index contributed by atoms with van der Waals surface area (Å²) in [6.45, 7) is 6.94. The smallest absolute Gasteiger partial charge is 0.334 e. The molecule has 0 aromatic carbocycles. The van der Waals surface area contributed by atoms with Crippen LogP contribution in [-0.4, -0.2) is 23.7 Å². The van der Waals surface area contributed by atoms with Crippen LogP contribution in [0.25, 0.3) is 0 Å². The molecule has 0 unspecified atom stereocenters. The maximum absolute atomic E-state index is 11.9. The predicted molar refractivity (Wildman–Crippen MR) is 103 cm³/mol. The fourth-order valence-electron chi connectivity index (χ4n) is 2.72. The van der Waals surface area contributed by atoms with Gasteiger partial charge in [0.25, 0.3) is 0 Å². The molecule has 0 bridgehead atoms. The van der Waals surface area contributed by atoms with Crippen LogP contribution >= 0.6 is 0 Å². The first-order valence-corrected chi connectivity index (χ1v) is 10.1. The fraction of sp³-hybridized carbons (Fsp3) is 0.810. The number of aliphatic carboxylic acids is 1. The molecule has 0 atom stereocenters. The van der Waals surface area contributed by atoms with Crippen molar-refractivity contribution in [2.45, 2.75) is 97.8 Å². The van der Waals surface area contributed by atoms with Crippen molar-refractivity contribution in [3.05, 3.63) is 11.6 Å². The number of carbonyl (C=O) groups excluding carboxylic acids is 1. The van der Waals surface area contributed by atoms with Gasteiger partial charge in [-0.05, 0) is 25.2 Å². The highest BCUT2D eigenvalue weighted by atomic mass is 16.5. The number of carbonyl (C=O) groups is 2. The molecule has 0 heterocycles. The molecule has 146 valence electrons. The number of carboxylic acids is 1. The molecule has 0 aliphatic carbocycles. The Morgan fingerprint density at radius 2 is 1.48 bits per heavy atom. The number of carboxylic acid groups (broad SMARTS) is 1. The monoisotopic (exact) mass is 354 g/mol. The van der Waals surface area contributed by atoms with Crippen LogP contribution < -0.4 is 0 Å². The average Bonchev–Trinajstić information content (AvgIpc) is 2.55. The second-order valence-corrected chi connectivity index (χ2v) is 7.26. The lowest BCUT2D eigenvalue weighted by Crippen LogP contribution is -2.11. The van der Waals surface area contributed by atoms with Crippen LogP contribution in [0.3, 0.4) is 0 Å². The molecule has 0 aliphatic rings. The minimum atomic E-state index is -1.09. The van der Waals surface area contributed by atoms with Crippen molar-refractivity contribution in [2.24, 2.45) is 5.92 Å². The standard InChI is InChI=1S/C21H38O4/c1-4-5-15-19(17-20(22)23)21(24)25-16-13-11-9-7-6-8-10-12-14-18(2)3/h17-18H,4-16H2,1-3H3,(H,22,23). The van der Waals surface area contributed by atoms with Gasteiger partial charge in [0.05, 0.1) is 6.61 Å². The normalized spacial score (nSPS) is 11.8. The van der Waals surface area contributed by atoms with E-state index in [9.17, 15) is 9.59 Å². The summed E-state index contributed by atoms with van der Waals surface area (Å²) < 4.78 is 5.21. The average molecular weight is 355 g/mol. The Kier molecular flexibility index (Phi) is 15.3. The molecule has 0 radical (unpaired) electrons. The van der Waals surface area contributed by atoms with Crippen molar-refractivity contribution >= 4 is 11.9 Å². The van der Waals surface area contributed by atoms with Crippen molar-refractivity contribution in [3.8, 4) is 0 Å². The topological polar surface area (TPSA) is 63.6 Å². The SMILES string of the molecule is CCCCC(=CC(=O)O)C(=O)OCCCCCCCCCCC(C)C. The summed E-state index contributed by atoms with van der Waals surface area (Å²) in [7, 11) is 0. The summed E-state index contributed by atoms with van der Waals surface area (Å²) in [6, 6.07) is 0. The summed E-state index contributed by atoms with van der Waals surface area (Å²) >= 11 is 0. The van der Waals surface area contributed by atoms with Gasteiger partial charge < -0.3 is 9.84 Å². The number of ether oxygens (including phenoxy) is 1. The van der Waals surface area contributed by atoms with Gasteiger partial charge in [-0.15, -0.1) is 0 Å². The van der Waals surface area contributed by atoms with E-state index in [2.05, 4.69) is 13.8 Å². The summed E-state index contributed by atoms with van der Waals surface area (Å²) in [5, 5.41) is 8.82. The van der Waals surface area contributed by atoms with E-state index in [1.54, 1.807) is 0 Å². The zero-order valence-electron chi connectivity index (χ0n) is 16.5. The summed E-state index contributed by atoms with van der Waals surface area (Å²) in [6.07, 6.45) is 14.1. The Labute approximate surface area is 154 Å². The van der Waals surface area contributed by atoms with Gasteiger partial charge in [-0.25, -0.2) is 9.59 Å². The van der Waals surface area contributed by atoms with Crippen LogP contribution in [0.4, 0.5) is 0 Å². The van der Waals surface area contributed by atoms with E-state index in [4.69, 9.17) is 9.84 Å². The van der Waals surface area contributed by atoms with Gasteiger partial charge in [-0.1, -0.05) is 78.6 Å². The Morgan fingerprint density at radius 1 is 0.920 bits per heavy atom. The maximum atomic E-state index is 11.9. The minimum Gasteiger partial charge on any atom is -0.478 e. The highest BCUT2D eigenvalue weighted by molar-refractivity contribution is 5.95. The van der Waals surface area contributed by atoms with Gasteiger partial charge in [0.15, 0.2) is 0 Å². The largest absolute Gasteiger partial charge is 0.478 e. The molecule has 0 rings (SSSR count). The van der Waals surface area contributed by atoms with E-state index in [-0.39, 0.29) is 5.57 Å². The molecule has 4 nitrogen and oxygen atoms in total. The highest BCUT2D eigenvalue weighted by Crippen LogP contribution is 2.13. The highest BCUT2D eigenvalue weighted by Gasteiger charge is 2.12.